The first kappa shape index (κ1) is 11.0. The molecular formula is C14H19NO2. The van der Waals surface area contributed by atoms with E-state index in [-0.39, 0.29) is 35.0 Å². The van der Waals surface area contributed by atoms with E-state index in [0.717, 1.165) is 25.0 Å². The zero-order chi connectivity index (χ0) is 12.4. The summed E-state index contributed by atoms with van der Waals surface area (Å²) in [5, 5.41) is 0. The fourth-order valence-electron chi connectivity index (χ4n) is 3.86. The smallest absolute Gasteiger partial charge is 0.227 e. The predicted molar refractivity (Wildman–Crippen MR) is 64.3 cm³/mol. The first-order valence-corrected chi connectivity index (χ1v) is 6.40. The Morgan fingerprint density at radius 2 is 2.06 bits per heavy atom. The number of carbonyl (C=O) groups is 2. The summed E-state index contributed by atoms with van der Waals surface area (Å²) in [4.78, 5) is 26.4. The molecule has 1 aliphatic carbocycles. The van der Waals surface area contributed by atoms with E-state index < -0.39 is 0 Å². The Morgan fingerprint density at radius 1 is 1.35 bits per heavy atom. The molecule has 0 unspecified atom stereocenters. The molecule has 2 saturated heterocycles. The van der Waals surface area contributed by atoms with E-state index in [1.807, 2.05) is 11.8 Å². The van der Waals surface area contributed by atoms with Crippen LogP contribution in [-0.2, 0) is 9.59 Å². The lowest BCUT2D eigenvalue weighted by Crippen LogP contribution is -2.32. The molecule has 0 aromatic heterocycles. The Morgan fingerprint density at radius 3 is 2.76 bits per heavy atom. The highest BCUT2D eigenvalue weighted by Crippen LogP contribution is 2.48. The molecule has 2 heterocycles. The van der Waals surface area contributed by atoms with Gasteiger partial charge in [-0.1, -0.05) is 19.4 Å². The molecular weight excluding hydrogens is 214 g/mol. The summed E-state index contributed by atoms with van der Waals surface area (Å²) in [6.07, 6.45) is 3.50. The van der Waals surface area contributed by atoms with E-state index in [2.05, 4.69) is 13.8 Å². The molecule has 0 spiro atoms. The average Bonchev–Trinajstić information content (AvgIpc) is 2.62. The zero-order valence-electron chi connectivity index (χ0n) is 10.7. The van der Waals surface area contributed by atoms with Crippen molar-refractivity contribution in [3.63, 3.8) is 0 Å². The molecule has 0 bridgehead atoms. The Balaban J connectivity index is 1.97. The second kappa shape index (κ2) is 3.21. The van der Waals surface area contributed by atoms with Crippen LogP contribution in [0.25, 0.3) is 0 Å². The van der Waals surface area contributed by atoms with Crippen molar-refractivity contribution in [3.8, 4) is 0 Å². The highest BCUT2D eigenvalue weighted by Gasteiger charge is 2.56. The minimum Gasteiger partial charge on any atom is -0.338 e. The van der Waals surface area contributed by atoms with Crippen LogP contribution < -0.4 is 0 Å². The highest BCUT2D eigenvalue weighted by atomic mass is 16.2. The van der Waals surface area contributed by atoms with Crippen LogP contribution in [0.4, 0.5) is 0 Å². The third-order valence-electron chi connectivity index (χ3n) is 4.47. The van der Waals surface area contributed by atoms with Crippen molar-refractivity contribution < 1.29 is 9.59 Å². The van der Waals surface area contributed by atoms with Crippen molar-refractivity contribution in [3.05, 3.63) is 11.6 Å². The summed E-state index contributed by atoms with van der Waals surface area (Å²) in [5.41, 5.74) is 1.23. The molecule has 3 aliphatic rings. The summed E-state index contributed by atoms with van der Waals surface area (Å²) < 4.78 is 0. The highest BCUT2D eigenvalue weighted by molar-refractivity contribution is 6.00. The van der Waals surface area contributed by atoms with Crippen molar-refractivity contribution in [1.29, 1.82) is 0 Å². The molecule has 92 valence electrons. The lowest BCUT2D eigenvalue weighted by atomic mass is 9.75. The molecule has 1 amide bonds. The third kappa shape index (κ3) is 1.48. The number of rotatable bonds is 0. The van der Waals surface area contributed by atoms with Crippen molar-refractivity contribution in [1.82, 2.24) is 4.90 Å². The number of hydrogen-bond acceptors (Lipinski definition) is 2. The van der Waals surface area contributed by atoms with Gasteiger partial charge in [0.1, 0.15) is 0 Å². The van der Waals surface area contributed by atoms with Crippen molar-refractivity contribution >= 4 is 11.7 Å². The first-order chi connectivity index (χ1) is 7.89. The Bertz CT molecular complexity index is 436. The minimum absolute atomic E-state index is 0.0615. The van der Waals surface area contributed by atoms with Gasteiger partial charge in [0.2, 0.25) is 5.91 Å². The van der Waals surface area contributed by atoms with Crippen molar-refractivity contribution in [2.45, 2.75) is 39.7 Å². The van der Waals surface area contributed by atoms with Crippen LogP contribution in [0.1, 0.15) is 33.6 Å². The van der Waals surface area contributed by atoms with Crippen LogP contribution in [0, 0.1) is 17.3 Å². The number of hydrogen-bond donors (Lipinski definition) is 0. The number of nitrogens with zero attached hydrogens (tertiary/aromatic N) is 1. The van der Waals surface area contributed by atoms with Crippen LogP contribution in [0.2, 0.25) is 0 Å². The fraction of sp³-hybridized carbons (Fsp3) is 0.714. The number of amides is 1. The predicted octanol–water partition coefficient (Wildman–Crippen LogP) is 1.78. The standard InChI is InChI=1S/C14H19NO2/c1-8-4-9-12(11(16)5-8)10-6-14(2,3)7-15(10)13(9)17/h5,9-10,12H,4,6-7H2,1-3H3/t9-,10-,12+/m0/s1. The molecule has 0 aromatic carbocycles. The van der Waals surface area contributed by atoms with Gasteiger partial charge < -0.3 is 4.90 Å². The van der Waals surface area contributed by atoms with E-state index in [4.69, 9.17) is 0 Å². The molecule has 0 N–H and O–H groups in total. The summed E-state index contributed by atoms with van der Waals surface area (Å²) in [5.74, 6) is 0.269. The number of ketones is 1. The second-order valence-electron chi connectivity index (χ2n) is 6.63. The largest absolute Gasteiger partial charge is 0.338 e. The van der Waals surface area contributed by atoms with E-state index in [1.54, 1.807) is 6.08 Å². The molecule has 2 fully saturated rings. The molecule has 0 radical (unpaired) electrons. The normalized spacial score (nSPS) is 39.1. The fourth-order valence-corrected chi connectivity index (χ4v) is 3.86. The first-order valence-electron chi connectivity index (χ1n) is 6.40. The second-order valence-corrected chi connectivity index (χ2v) is 6.63. The van der Waals surface area contributed by atoms with Crippen LogP contribution in [0.15, 0.2) is 11.6 Å². The SMILES string of the molecule is CC1=CC(=O)[C@@H]2[C@H](C1)C(=O)N1CC(C)(C)C[C@@H]21. The summed E-state index contributed by atoms with van der Waals surface area (Å²) >= 11 is 0. The van der Waals surface area contributed by atoms with Gasteiger partial charge in [-0.05, 0) is 31.3 Å². The van der Waals surface area contributed by atoms with Gasteiger partial charge >= 0.3 is 0 Å². The maximum atomic E-state index is 12.3. The number of carbonyl (C=O) groups excluding carboxylic acids is 2. The monoisotopic (exact) mass is 233 g/mol. The van der Waals surface area contributed by atoms with E-state index in [0.29, 0.717) is 0 Å². The topological polar surface area (TPSA) is 37.4 Å². The van der Waals surface area contributed by atoms with Crippen molar-refractivity contribution in [2.75, 3.05) is 6.54 Å². The molecule has 3 nitrogen and oxygen atoms in total. The van der Waals surface area contributed by atoms with Gasteiger partial charge in [0.25, 0.3) is 0 Å². The van der Waals surface area contributed by atoms with Crippen LogP contribution in [0.5, 0.6) is 0 Å². The van der Waals surface area contributed by atoms with Gasteiger partial charge in [-0.25, -0.2) is 0 Å². The van der Waals surface area contributed by atoms with Crippen LogP contribution in [-0.4, -0.2) is 29.2 Å². The van der Waals surface area contributed by atoms with Gasteiger partial charge in [-0.15, -0.1) is 0 Å². The lowest BCUT2D eigenvalue weighted by Gasteiger charge is -2.25. The number of fused-ring (bicyclic) bond motifs is 3. The van der Waals surface area contributed by atoms with Crippen LogP contribution in [0.3, 0.4) is 0 Å². The maximum absolute atomic E-state index is 12.3. The van der Waals surface area contributed by atoms with Crippen molar-refractivity contribution in [2.24, 2.45) is 17.3 Å². The van der Waals surface area contributed by atoms with Gasteiger partial charge in [0.15, 0.2) is 5.78 Å². The molecule has 0 aromatic rings. The quantitative estimate of drug-likeness (QED) is 0.639. The molecule has 0 saturated carbocycles. The van der Waals surface area contributed by atoms with E-state index in [1.165, 1.54) is 0 Å². The summed E-state index contributed by atoms with van der Waals surface area (Å²) in [6.45, 7) is 7.13. The lowest BCUT2D eigenvalue weighted by molar-refractivity contribution is -0.132. The average molecular weight is 233 g/mol. The molecule has 3 heteroatoms. The third-order valence-corrected chi connectivity index (χ3v) is 4.47. The van der Waals surface area contributed by atoms with Gasteiger partial charge in [-0.2, -0.15) is 0 Å². The molecule has 2 aliphatic heterocycles. The maximum Gasteiger partial charge on any atom is 0.227 e. The number of allylic oxidation sites excluding steroid dienone is 2. The van der Waals surface area contributed by atoms with Gasteiger partial charge in [0.05, 0.1) is 11.8 Å². The zero-order valence-corrected chi connectivity index (χ0v) is 10.7. The van der Waals surface area contributed by atoms with Gasteiger partial charge in [0, 0.05) is 12.6 Å². The van der Waals surface area contributed by atoms with Crippen LogP contribution >= 0.6 is 0 Å². The minimum atomic E-state index is -0.0621. The Hall–Kier alpha value is -1.12. The summed E-state index contributed by atoms with van der Waals surface area (Å²) in [6, 6.07) is 0.166. The van der Waals surface area contributed by atoms with Gasteiger partial charge in [-0.3, -0.25) is 9.59 Å². The van der Waals surface area contributed by atoms with E-state index in [9.17, 15) is 9.59 Å². The molecule has 3 atom stereocenters. The Labute approximate surface area is 102 Å². The van der Waals surface area contributed by atoms with E-state index >= 15 is 0 Å². The molecule has 17 heavy (non-hydrogen) atoms. The Kier molecular flexibility index (Phi) is 2.08. The molecule has 3 rings (SSSR count). The summed E-state index contributed by atoms with van der Waals surface area (Å²) in [7, 11) is 0.